The Morgan fingerprint density at radius 2 is 2.42 bits per heavy atom. The van der Waals surface area contributed by atoms with E-state index in [1.54, 1.807) is 11.3 Å². The first-order chi connectivity index (χ1) is 9.31. The standard InChI is InChI=1S/C14H18N4S/c1-11-8-18(7-6-15-11)9-12-10-19-14(17-12)13-4-2-3-5-16-13/h2-5,10-11,15H,6-9H2,1H3/t11-/m1/s1. The summed E-state index contributed by atoms with van der Waals surface area (Å²) in [5.41, 5.74) is 2.12. The lowest BCUT2D eigenvalue weighted by atomic mass is 10.2. The van der Waals surface area contributed by atoms with E-state index in [-0.39, 0.29) is 0 Å². The highest BCUT2D eigenvalue weighted by Gasteiger charge is 2.16. The van der Waals surface area contributed by atoms with Gasteiger partial charge in [-0.1, -0.05) is 6.07 Å². The van der Waals surface area contributed by atoms with Crippen LogP contribution in [0.25, 0.3) is 10.7 Å². The van der Waals surface area contributed by atoms with Crippen molar-refractivity contribution in [3.63, 3.8) is 0 Å². The highest BCUT2D eigenvalue weighted by molar-refractivity contribution is 7.13. The number of hydrogen-bond acceptors (Lipinski definition) is 5. The van der Waals surface area contributed by atoms with E-state index in [4.69, 9.17) is 4.98 Å². The van der Waals surface area contributed by atoms with E-state index in [1.165, 1.54) is 0 Å². The molecule has 0 aromatic carbocycles. The van der Waals surface area contributed by atoms with Crippen molar-refractivity contribution in [1.82, 2.24) is 20.2 Å². The SMILES string of the molecule is C[C@@H]1CN(Cc2csc(-c3ccccn3)n2)CCN1. The minimum Gasteiger partial charge on any atom is -0.312 e. The monoisotopic (exact) mass is 274 g/mol. The van der Waals surface area contributed by atoms with Gasteiger partial charge in [0.2, 0.25) is 0 Å². The van der Waals surface area contributed by atoms with Crippen LogP contribution in [-0.2, 0) is 6.54 Å². The Balaban J connectivity index is 1.68. The van der Waals surface area contributed by atoms with Gasteiger partial charge in [-0.3, -0.25) is 9.88 Å². The van der Waals surface area contributed by atoms with Gasteiger partial charge in [0, 0.05) is 43.8 Å². The molecular formula is C14H18N4S. The molecule has 4 nitrogen and oxygen atoms in total. The minimum atomic E-state index is 0.572. The van der Waals surface area contributed by atoms with Gasteiger partial charge in [0.05, 0.1) is 11.4 Å². The second kappa shape index (κ2) is 5.77. The maximum atomic E-state index is 4.69. The quantitative estimate of drug-likeness (QED) is 0.929. The molecule has 0 amide bonds. The molecule has 5 heteroatoms. The molecule has 19 heavy (non-hydrogen) atoms. The third-order valence-electron chi connectivity index (χ3n) is 3.27. The van der Waals surface area contributed by atoms with Crippen molar-refractivity contribution in [2.45, 2.75) is 19.5 Å². The largest absolute Gasteiger partial charge is 0.312 e. The molecule has 1 N–H and O–H groups in total. The van der Waals surface area contributed by atoms with Crippen molar-refractivity contribution in [2.75, 3.05) is 19.6 Å². The summed E-state index contributed by atoms with van der Waals surface area (Å²) in [6, 6.07) is 6.51. The molecule has 0 aliphatic carbocycles. The molecule has 0 bridgehead atoms. The van der Waals surface area contributed by atoms with Crippen LogP contribution in [0.2, 0.25) is 0 Å². The zero-order valence-corrected chi connectivity index (χ0v) is 11.9. The molecule has 2 aromatic rings. The Kier molecular flexibility index (Phi) is 3.87. The number of nitrogens with zero attached hydrogens (tertiary/aromatic N) is 3. The van der Waals surface area contributed by atoms with Crippen molar-refractivity contribution >= 4 is 11.3 Å². The van der Waals surface area contributed by atoms with Crippen molar-refractivity contribution in [2.24, 2.45) is 0 Å². The third-order valence-corrected chi connectivity index (χ3v) is 4.19. The Labute approximate surface area is 117 Å². The average Bonchev–Trinajstić information content (AvgIpc) is 2.88. The molecule has 3 heterocycles. The molecule has 1 aliphatic rings. The predicted octanol–water partition coefficient (Wildman–Crippen LogP) is 2.00. The fourth-order valence-corrected chi connectivity index (χ4v) is 3.16. The van der Waals surface area contributed by atoms with Gasteiger partial charge in [-0.25, -0.2) is 4.98 Å². The van der Waals surface area contributed by atoms with E-state index in [0.29, 0.717) is 6.04 Å². The molecule has 3 rings (SSSR count). The molecule has 1 fully saturated rings. The first-order valence-electron chi connectivity index (χ1n) is 6.63. The molecule has 1 atom stereocenters. The number of rotatable bonds is 3. The van der Waals surface area contributed by atoms with Crippen LogP contribution < -0.4 is 5.32 Å². The minimum absolute atomic E-state index is 0.572. The Morgan fingerprint density at radius 1 is 1.47 bits per heavy atom. The summed E-state index contributed by atoms with van der Waals surface area (Å²) in [6.45, 7) is 6.43. The maximum absolute atomic E-state index is 4.69. The first-order valence-corrected chi connectivity index (χ1v) is 7.51. The van der Waals surface area contributed by atoms with E-state index in [0.717, 1.165) is 42.6 Å². The van der Waals surface area contributed by atoms with Crippen LogP contribution in [0.3, 0.4) is 0 Å². The number of piperazine rings is 1. The molecule has 1 aliphatic heterocycles. The van der Waals surface area contributed by atoms with E-state index in [2.05, 4.69) is 27.5 Å². The van der Waals surface area contributed by atoms with Gasteiger partial charge in [-0.2, -0.15) is 0 Å². The van der Waals surface area contributed by atoms with Crippen molar-refractivity contribution in [3.05, 3.63) is 35.5 Å². The summed E-state index contributed by atoms with van der Waals surface area (Å²) in [6.07, 6.45) is 1.81. The van der Waals surface area contributed by atoms with E-state index >= 15 is 0 Å². The number of aromatic nitrogens is 2. The Bertz CT molecular complexity index is 525. The zero-order chi connectivity index (χ0) is 13.1. The lowest BCUT2D eigenvalue weighted by Crippen LogP contribution is -2.48. The van der Waals surface area contributed by atoms with Gasteiger partial charge in [0.1, 0.15) is 5.01 Å². The molecule has 100 valence electrons. The summed E-state index contributed by atoms with van der Waals surface area (Å²) in [5, 5.41) is 6.62. The summed E-state index contributed by atoms with van der Waals surface area (Å²) >= 11 is 1.68. The fraction of sp³-hybridized carbons (Fsp3) is 0.429. The second-order valence-corrected chi connectivity index (χ2v) is 5.81. The highest BCUT2D eigenvalue weighted by Crippen LogP contribution is 2.22. The van der Waals surface area contributed by atoms with Gasteiger partial charge in [0.25, 0.3) is 0 Å². The molecule has 1 saturated heterocycles. The van der Waals surface area contributed by atoms with Crippen LogP contribution in [0.1, 0.15) is 12.6 Å². The molecule has 2 aromatic heterocycles. The normalized spacial score (nSPS) is 20.6. The van der Waals surface area contributed by atoms with Crippen LogP contribution in [0.5, 0.6) is 0 Å². The molecule has 0 unspecified atom stereocenters. The van der Waals surface area contributed by atoms with Crippen LogP contribution in [0.15, 0.2) is 29.8 Å². The molecule has 0 spiro atoms. The molecule has 0 saturated carbocycles. The molecule has 0 radical (unpaired) electrons. The van der Waals surface area contributed by atoms with Gasteiger partial charge >= 0.3 is 0 Å². The van der Waals surface area contributed by atoms with Crippen LogP contribution in [0.4, 0.5) is 0 Å². The third kappa shape index (κ3) is 3.18. The van der Waals surface area contributed by atoms with Gasteiger partial charge < -0.3 is 5.32 Å². The Hall–Kier alpha value is -1.30. The molecular weight excluding hydrogens is 256 g/mol. The van der Waals surface area contributed by atoms with E-state index in [1.807, 2.05) is 24.4 Å². The van der Waals surface area contributed by atoms with Gasteiger partial charge in [-0.15, -0.1) is 11.3 Å². The number of hydrogen-bond donors (Lipinski definition) is 1. The number of thiazole rings is 1. The number of nitrogens with one attached hydrogen (secondary N) is 1. The summed E-state index contributed by atoms with van der Waals surface area (Å²) < 4.78 is 0. The summed E-state index contributed by atoms with van der Waals surface area (Å²) in [7, 11) is 0. The van der Waals surface area contributed by atoms with Gasteiger partial charge in [-0.05, 0) is 19.1 Å². The van der Waals surface area contributed by atoms with Crippen LogP contribution >= 0.6 is 11.3 Å². The van der Waals surface area contributed by atoms with E-state index in [9.17, 15) is 0 Å². The van der Waals surface area contributed by atoms with E-state index < -0.39 is 0 Å². The lowest BCUT2D eigenvalue weighted by molar-refractivity contribution is 0.198. The van der Waals surface area contributed by atoms with Crippen molar-refractivity contribution < 1.29 is 0 Å². The topological polar surface area (TPSA) is 41.1 Å². The fourth-order valence-electron chi connectivity index (χ4n) is 2.37. The van der Waals surface area contributed by atoms with Crippen LogP contribution in [-0.4, -0.2) is 40.5 Å². The van der Waals surface area contributed by atoms with Crippen molar-refractivity contribution in [3.8, 4) is 10.7 Å². The highest BCUT2D eigenvalue weighted by atomic mass is 32.1. The number of pyridine rings is 1. The van der Waals surface area contributed by atoms with Crippen molar-refractivity contribution in [1.29, 1.82) is 0 Å². The average molecular weight is 274 g/mol. The summed E-state index contributed by atoms with van der Waals surface area (Å²) in [4.78, 5) is 11.5. The Morgan fingerprint density at radius 3 is 3.21 bits per heavy atom. The predicted molar refractivity (Wildman–Crippen MR) is 78.1 cm³/mol. The smallest absolute Gasteiger partial charge is 0.142 e. The summed E-state index contributed by atoms with van der Waals surface area (Å²) in [5.74, 6) is 0. The lowest BCUT2D eigenvalue weighted by Gasteiger charge is -2.31. The maximum Gasteiger partial charge on any atom is 0.142 e. The first kappa shape index (κ1) is 12.7. The second-order valence-electron chi connectivity index (χ2n) is 4.95. The van der Waals surface area contributed by atoms with Gasteiger partial charge in [0.15, 0.2) is 0 Å². The zero-order valence-electron chi connectivity index (χ0n) is 11.0. The van der Waals surface area contributed by atoms with Crippen LogP contribution in [0, 0.1) is 0 Å².